The summed E-state index contributed by atoms with van der Waals surface area (Å²) in [6, 6.07) is 8.54. The van der Waals surface area contributed by atoms with Crippen LogP contribution in [0.5, 0.6) is 0 Å². The molecule has 1 saturated heterocycles. The molecule has 2 saturated carbocycles. The predicted octanol–water partition coefficient (Wildman–Crippen LogP) is 4.40. The molecular weight excluding hydrogens is 304 g/mol. The second-order valence-electron chi connectivity index (χ2n) is 7.49. The number of thiazole rings is 1. The van der Waals surface area contributed by atoms with Gasteiger partial charge in [0.2, 0.25) is 5.91 Å². The lowest BCUT2D eigenvalue weighted by molar-refractivity contribution is -0.138. The predicted molar refractivity (Wildman–Crippen MR) is 92.2 cm³/mol. The Bertz CT molecular complexity index is 722. The number of rotatable bonds is 2. The van der Waals surface area contributed by atoms with Gasteiger partial charge in [-0.1, -0.05) is 18.6 Å². The maximum absolute atomic E-state index is 13.1. The molecule has 5 rings (SSSR count). The third-order valence-corrected chi connectivity index (χ3v) is 7.32. The first-order valence-corrected chi connectivity index (χ1v) is 9.77. The van der Waals surface area contributed by atoms with Crippen LogP contribution >= 0.6 is 11.3 Å². The molecule has 3 fully saturated rings. The third kappa shape index (κ3) is 2.22. The fourth-order valence-electron chi connectivity index (χ4n) is 5.08. The average molecular weight is 326 g/mol. The van der Waals surface area contributed by atoms with Crippen molar-refractivity contribution in [2.75, 3.05) is 6.54 Å². The van der Waals surface area contributed by atoms with E-state index in [0.29, 0.717) is 17.7 Å². The monoisotopic (exact) mass is 326 g/mol. The summed E-state index contributed by atoms with van der Waals surface area (Å²) in [4.78, 5) is 20.1. The first kappa shape index (κ1) is 14.0. The summed E-state index contributed by atoms with van der Waals surface area (Å²) in [5.74, 6) is 2.24. The minimum atomic E-state index is 0.221. The summed E-state index contributed by atoms with van der Waals surface area (Å²) in [6.07, 6.45) is 7.28. The molecule has 1 aromatic carbocycles. The number of carbonyl (C=O) groups excluding carboxylic acids is 1. The van der Waals surface area contributed by atoms with Crippen molar-refractivity contribution < 1.29 is 4.79 Å². The average Bonchev–Trinajstić information content (AvgIpc) is 3.35. The van der Waals surface area contributed by atoms with Crippen LogP contribution in [0.4, 0.5) is 0 Å². The molecule has 4 atom stereocenters. The first-order chi connectivity index (χ1) is 11.3. The van der Waals surface area contributed by atoms with Gasteiger partial charge >= 0.3 is 0 Å². The van der Waals surface area contributed by atoms with Gasteiger partial charge in [0.25, 0.3) is 0 Å². The number of para-hydroxylation sites is 1. The lowest BCUT2D eigenvalue weighted by atomic mass is 9.87. The summed E-state index contributed by atoms with van der Waals surface area (Å²) in [6.45, 7) is 0.924. The smallest absolute Gasteiger partial charge is 0.226 e. The molecule has 1 amide bonds. The summed E-state index contributed by atoms with van der Waals surface area (Å²) in [5.41, 5.74) is 1.08. The lowest BCUT2D eigenvalue weighted by Crippen LogP contribution is -2.37. The Morgan fingerprint density at radius 1 is 1.17 bits per heavy atom. The SMILES string of the molecule is O=C(C1CC2CCC1C2)N1CCCC1c1nc2ccccc2s1. The normalized spacial score (nSPS) is 33.0. The highest BCUT2D eigenvalue weighted by Gasteiger charge is 2.46. The second-order valence-corrected chi connectivity index (χ2v) is 8.55. The Morgan fingerprint density at radius 2 is 2.09 bits per heavy atom. The molecule has 2 aromatic rings. The quantitative estimate of drug-likeness (QED) is 0.820. The number of benzene rings is 1. The highest BCUT2D eigenvalue weighted by Crippen LogP contribution is 2.50. The zero-order chi connectivity index (χ0) is 15.4. The molecule has 120 valence electrons. The highest BCUT2D eigenvalue weighted by molar-refractivity contribution is 7.18. The standard InChI is InChI=1S/C19H22N2OS/c22-19(14-11-12-7-8-13(14)10-12)21-9-3-5-16(21)18-20-15-4-1-2-6-17(15)23-18/h1-2,4,6,12-14,16H,3,5,7-11H2. The third-order valence-electron chi connectivity index (χ3n) is 6.19. The number of carbonyl (C=O) groups is 1. The van der Waals surface area contributed by atoms with Crippen molar-refractivity contribution in [1.29, 1.82) is 0 Å². The van der Waals surface area contributed by atoms with Gasteiger partial charge < -0.3 is 4.90 Å². The Hall–Kier alpha value is -1.42. The molecule has 1 aliphatic heterocycles. The van der Waals surface area contributed by atoms with E-state index in [1.807, 2.05) is 6.07 Å². The van der Waals surface area contributed by atoms with Gasteiger partial charge in [-0.15, -0.1) is 11.3 Å². The zero-order valence-electron chi connectivity index (χ0n) is 13.3. The molecular formula is C19H22N2OS. The van der Waals surface area contributed by atoms with Crippen LogP contribution in [0.25, 0.3) is 10.2 Å². The topological polar surface area (TPSA) is 33.2 Å². The van der Waals surface area contributed by atoms with Crippen LogP contribution in [0.2, 0.25) is 0 Å². The van der Waals surface area contributed by atoms with Crippen LogP contribution in [0.15, 0.2) is 24.3 Å². The zero-order valence-corrected chi connectivity index (χ0v) is 14.1. The fourth-order valence-corrected chi connectivity index (χ4v) is 6.20. The molecule has 0 radical (unpaired) electrons. The first-order valence-electron chi connectivity index (χ1n) is 8.95. The molecule has 4 heteroatoms. The molecule has 0 spiro atoms. The van der Waals surface area contributed by atoms with Crippen molar-refractivity contribution in [3.63, 3.8) is 0 Å². The summed E-state index contributed by atoms with van der Waals surface area (Å²) in [7, 11) is 0. The summed E-state index contributed by atoms with van der Waals surface area (Å²) in [5, 5.41) is 1.14. The number of nitrogens with zero attached hydrogens (tertiary/aromatic N) is 2. The van der Waals surface area contributed by atoms with Crippen molar-refractivity contribution in [2.45, 2.75) is 44.6 Å². The van der Waals surface area contributed by atoms with Crippen LogP contribution in [-0.4, -0.2) is 22.3 Å². The number of hydrogen-bond acceptors (Lipinski definition) is 3. The number of aromatic nitrogens is 1. The minimum absolute atomic E-state index is 0.221. The largest absolute Gasteiger partial charge is 0.333 e. The Kier molecular flexibility index (Phi) is 3.22. The van der Waals surface area contributed by atoms with E-state index in [1.165, 1.54) is 24.0 Å². The lowest BCUT2D eigenvalue weighted by Gasteiger charge is -2.30. The van der Waals surface area contributed by atoms with Crippen LogP contribution in [-0.2, 0) is 4.79 Å². The van der Waals surface area contributed by atoms with Gasteiger partial charge in [0, 0.05) is 12.5 Å². The number of likely N-dealkylation sites (tertiary alicyclic amines) is 1. The Morgan fingerprint density at radius 3 is 2.87 bits per heavy atom. The minimum Gasteiger partial charge on any atom is -0.333 e. The van der Waals surface area contributed by atoms with Gasteiger partial charge in [-0.25, -0.2) is 4.98 Å². The van der Waals surface area contributed by atoms with Crippen LogP contribution in [0, 0.1) is 17.8 Å². The van der Waals surface area contributed by atoms with E-state index in [-0.39, 0.29) is 6.04 Å². The van der Waals surface area contributed by atoms with Gasteiger partial charge in [0.05, 0.1) is 16.3 Å². The molecule has 1 aromatic heterocycles. The van der Waals surface area contributed by atoms with E-state index in [4.69, 9.17) is 4.98 Å². The van der Waals surface area contributed by atoms with E-state index < -0.39 is 0 Å². The fraction of sp³-hybridized carbons (Fsp3) is 0.579. The molecule has 3 nitrogen and oxygen atoms in total. The number of fused-ring (bicyclic) bond motifs is 3. The van der Waals surface area contributed by atoms with Crippen molar-refractivity contribution in [1.82, 2.24) is 9.88 Å². The van der Waals surface area contributed by atoms with Gasteiger partial charge in [-0.2, -0.15) is 0 Å². The molecule has 2 aliphatic carbocycles. The maximum Gasteiger partial charge on any atom is 0.226 e. The van der Waals surface area contributed by atoms with Crippen molar-refractivity contribution in [3.05, 3.63) is 29.3 Å². The van der Waals surface area contributed by atoms with E-state index in [0.717, 1.165) is 42.2 Å². The van der Waals surface area contributed by atoms with E-state index >= 15 is 0 Å². The molecule has 0 N–H and O–H groups in total. The van der Waals surface area contributed by atoms with Gasteiger partial charge in [-0.05, 0) is 56.1 Å². The van der Waals surface area contributed by atoms with Gasteiger partial charge in [0.15, 0.2) is 0 Å². The number of amides is 1. The van der Waals surface area contributed by atoms with Crippen LogP contribution in [0.1, 0.15) is 49.6 Å². The summed E-state index contributed by atoms with van der Waals surface area (Å²) >= 11 is 1.77. The van der Waals surface area contributed by atoms with Crippen molar-refractivity contribution >= 4 is 27.5 Å². The number of hydrogen-bond donors (Lipinski definition) is 0. The summed E-state index contributed by atoms with van der Waals surface area (Å²) < 4.78 is 1.24. The van der Waals surface area contributed by atoms with Crippen molar-refractivity contribution in [2.24, 2.45) is 17.8 Å². The van der Waals surface area contributed by atoms with E-state index in [2.05, 4.69) is 23.1 Å². The van der Waals surface area contributed by atoms with Crippen LogP contribution in [0.3, 0.4) is 0 Å². The van der Waals surface area contributed by atoms with Crippen LogP contribution < -0.4 is 0 Å². The van der Waals surface area contributed by atoms with Gasteiger partial charge in [-0.3, -0.25) is 4.79 Å². The Balaban J connectivity index is 1.42. The molecule has 3 aliphatic rings. The molecule has 2 heterocycles. The Labute approximate surface area is 140 Å². The van der Waals surface area contributed by atoms with E-state index in [9.17, 15) is 4.79 Å². The molecule has 2 bridgehead atoms. The van der Waals surface area contributed by atoms with E-state index in [1.54, 1.807) is 11.3 Å². The molecule has 23 heavy (non-hydrogen) atoms. The van der Waals surface area contributed by atoms with Gasteiger partial charge in [0.1, 0.15) is 5.01 Å². The second kappa shape index (κ2) is 5.30. The maximum atomic E-state index is 13.1. The van der Waals surface area contributed by atoms with Crippen molar-refractivity contribution in [3.8, 4) is 0 Å². The molecule has 4 unspecified atom stereocenters. The highest BCUT2D eigenvalue weighted by atomic mass is 32.1.